The second kappa shape index (κ2) is 9.37. The zero-order valence-corrected chi connectivity index (χ0v) is 17.9. The minimum atomic E-state index is -0.140. The summed E-state index contributed by atoms with van der Waals surface area (Å²) in [6.45, 7) is 1.81. The molecule has 0 N–H and O–H groups in total. The third-order valence-corrected chi connectivity index (χ3v) is 5.33. The van der Waals surface area contributed by atoms with Crippen LogP contribution >= 0.6 is 23.2 Å². The van der Waals surface area contributed by atoms with E-state index in [4.69, 9.17) is 27.9 Å². The number of carbonyl (C=O) groups excluding carboxylic acids is 2. The van der Waals surface area contributed by atoms with E-state index in [0.29, 0.717) is 47.5 Å². The third kappa shape index (κ3) is 5.34. The number of halogens is 2. The van der Waals surface area contributed by atoms with Gasteiger partial charge in [0, 0.05) is 56.5 Å². The molecule has 0 unspecified atom stereocenters. The predicted molar refractivity (Wildman–Crippen MR) is 115 cm³/mol. The average molecular weight is 436 g/mol. The normalized spacial score (nSPS) is 13.9. The Kier molecular flexibility index (Phi) is 6.87. The molecule has 0 bridgehead atoms. The molecule has 1 aliphatic rings. The molecule has 2 amide bonds. The summed E-state index contributed by atoms with van der Waals surface area (Å²) >= 11 is 11.9. The molecular weight excluding hydrogens is 413 g/mol. The van der Waals surface area contributed by atoms with Crippen molar-refractivity contribution < 1.29 is 14.3 Å². The van der Waals surface area contributed by atoms with Gasteiger partial charge in [0.1, 0.15) is 5.75 Å². The van der Waals surface area contributed by atoms with Gasteiger partial charge in [-0.1, -0.05) is 23.2 Å². The molecule has 154 valence electrons. The van der Waals surface area contributed by atoms with Gasteiger partial charge < -0.3 is 19.4 Å². The number of hydrogen-bond donors (Lipinski definition) is 0. The van der Waals surface area contributed by atoms with Crippen molar-refractivity contribution in [1.29, 1.82) is 0 Å². The Hall–Kier alpha value is -2.44. The van der Waals surface area contributed by atoms with E-state index >= 15 is 0 Å². The second-order valence-corrected chi connectivity index (χ2v) is 7.82. The number of anilines is 1. The van der Waals surface area contributed by atoms with E-state index in [2.05, 4.69) is 0 Å². The lowest BCUT2D eigenvalue weighted by Gasteiger charge is -2.34. The maximum Gasteiger partial charge on any atom is 0.260 e. The first-order valence-corrected chi connectivity index (χ1v) is 10.0. The van der Waals surface area contributed by atoms with Gasteiger partial charge in [0.2, 0.25) is 0 Å². The molecule has 29 heavy (non-hydrogen) atoms. The minimum absolute atomic E-state index is 0.0217. The van der Waals surface area contributed by atoms with Crippen LogP contribution in [0.5, 0.6) is 5.75 Å². The van der Waals surface area contributed by atoms with Crippen molar-refractivity contribution in [2.75, 3.05) is 51.8 Å². The van der Waals surface area contributed by atoms with Crippen LogP contribution in [0, 0.1) is 0 Å². The Bertz CT molecular complexity index is 879. The molecule has 1 saturated heterocycles. The van der Waals surface area contributed by atoms with E-state index in [1.54, 1.807) is 28.0 Å². The van der Waals surface area contributed by atoms with Crippen LogP contribution in [0.15, 0.2) is 42.5 Å². The van der Waals surface area contributed by atoms with Crippen molar-refractivity contribution in [3.63, 3.8) is 0 Å². The van der Waals surface area contributed by atoms with E-state index in [9.17, 15) is 9.59 Å². The van der Waals surface area contributed by atoms with Gasteiger partial charge in [0.25, 0.3) is 11.8 Å². The number of piperazine rings is 1. The summed E-state index contributed by atoms with van der Waals surface area (Å²) < 4.78 is 5.51. The van der Waals surface area contributed by atoms with Gasteiger partial charge in [0.05, 0.1) is 5.02 Å². The molecule has 0 spiro atoms. The summed E-state index contributed by atoms with van der Waals surface area (Å²) in [7, 11) is 3.91. The van der Waals surface area contributed by atoms with Crippen molar-refractivity contribution >= 4 is 40.7 Å². The molecule has 0 aromatic heterocycles. The number of ether oxygens (including phenoxy) is 1. The smallest absolute Gasteiger partial charge is 0.260 e. The fraction of sp³-hybridized carbons (Fsp3) is 0.333. The highest BCUT2D eigenvalue weighted by Gasteiger charge is 2.25. The maximum atomic E-state index is 12.7. The van der Waals surface area contributed by atoms with Crippen molar-refractivity contribution in [3.8, 4) is 5.75 Å². The molecule has 0 aliphatic carbocycles. The van der Waals surface area contributed by atoms with Gasteiger partial charge in [-0.25, -0.2) is 0 Å². The SMILES string of the molecule is CN(C)c1ccc(C(=O)N2CCN(C(=O)COc3ccc(Cl)cc3Cl)CC2)cc1. The summed E-state index contributed by atoms with van der Waals surface area (Å²) in [4.78, 5) is 30.6. The molecule has 1 aliphatic heterocycles. The maximum absolute atomic E-state index is 12.7. The van der Waals surface area contributed by atoms with Gasteiger partial charge in [-0.3, -0.25) is 9.59 Å². The summed E-state index contributed by atoms with van der Waals surface area (Å²) in [6, 6.07) is 12.4. The standard InChI is InChI=1S/C21H23Cl2N3O3/c1-24(2)17-6-3-15(4-7-17)21(28)26-11-9-25(10-12-26)20(27)14-29-19-8-5-16(22)13-18(19)23/h3-8,13H,9-12,14H2,1-2H3. The van der Waals surface area contributed by atoms with Crippen molar-refractivity contribution in [2.24, 2.45) is 0 Å². The molecule has 3 rings (SSSR count). The molecule has 0 saturated carbocycles. The van der Waals surface area contributed by atoms with Gasteiger partial charge >= 0.3 is 0 Å². The first kappa shape index (κ1) is 21.3. The zero-order chi connectivity index (χ0) is 21.0. The van der Waals surface area contributed by atoms with Crippen LogP contribution in [0.4, 0.5) is 5.69 Å². The minimum Gasteiger partial charge on any atom is -0.482 e. The van der Waals surface area contributed by atoms with Crippen LogP contribution in [-0.2, 0) is 4.79 Å². The van der Waals surface area contributed by atoms with Crippen molar-refractivity contribution in [3.05, 3.63) is 58.1 Å². The van der Waals surface area contributed by atoms with Crippen molar-refractivity contribution in [1.82, 2.24) is 9.80 Å². The molecule has 2 aromatic rings. The number of amides is 2. The monoisotopic (exact) mass is 435 g/mol. The largest absolute Gasteiger partial charge is 0.482 e. The average Bonchev–Trinajstić information content (AvgIpc) is 2.72. The Balaban J connectivity index is 1.50. The summed E-state index contributed by atoms with van der Waals surface area (Å²) in [5.41, 5.74) is 1.69. The molecule has 0 radical (unpaired) electrons. The van der Waals surface area contributed by atoms with Crippen LogP contribution in [0.1, 0.15) is 10.4 Å². The first-order chi connectivity index (χ1) is 13.8. The fourth-order valence-electron chi connectivity index (χ4n) is 3.07. The predicted octanol–water partition coefficient (Wildman–Crippen LogP) is 3.42. The zero-order valence-electron chi connectivity index (χ0n) is 16.4. The van der Waals surface area contributed by atoms with E-state index in [-0.39, 0.29) is 18.4 Å². The Morgan fingerprint density at radius 1 is 0.966 bits per heavy atom. The van der Waals surface area contributed by atoms with Crippen molar-refractivity contribution in [2.45, 2.75) is 0 Å². The second-order valence-electron chi connectivity index (χ2n) is 6.98. The van der Waals surface area contributed by atoms with Gasteiger partial charge in [0.15, 0.2) is 6.61 Å². The van der Waals surface area contributed by atoms with Gasteiger partial charge in [-0.15, -0.1) is 0 Å². The number of benzene rings is 2. The molecule has 8 heteroatoms. The first-order valence-electron chi connectivity index (χ1n) is 9.27. The van der Waals surface area contributed by atoms with Gasteiger partial charge in [-0.2, -0.15) is 0 Å². The summed E-state index contributed by atoms with van der Waals surface area (Å²) in [5.74, 6) is 0.254. The quantitative estimate of drug-likeness (QED) is 0.721. The molecule has 6 nitrogen and oxygen atoms in total. The van der Waals surface area contributed by atoms with Gasteiger partial charge in [-0.05, 0) is 42.5 Å². The fourth-order valence-corrected chi connectivity index (χ4v) is 3.53. The van der Waals surface area contributed by atoms with Crippen LogP contribution < -0.4 is 9.64 Å². The molecular formula is C21H23Cl2N3O3. The summed E-state index contributed by atoms with van der Waals surface area (Å²) in [6.07, 6.45) is 0. The lowest BCUT2D eigenvalue weighted by molar-refractivity contribution is -0.134. The number of carbonyl (C=O) groups is 2. The number of nitrogens with zero attached hydrogens (tertiary/aromatic N) is 3. The Labute approximate surface area is 180 Å². The topological polar surface area (TPSA) is 53.1 Å². The highest BCUT2D eigenvalue weighted by atomic mass is 35.5. The van der Waals surface area contributed by atoms with E-state index in [1.165, 1.54) is 0 Å². The third-order valence-electron chi connectivity index (χ3n) is 4.80. The molecule has 1 heterocycles. The van der Waals surface area contributed by atoms with Crippen LogP contribution in [0.25, 0.3) is 0 Å². The Morgan fingerprint density at radius 2 is 1.59 bits per heavy atom. The van der Waals surface area contributed by atoms with E-state index in [0.717, 1.165) is 5.69 Å². The lowest BCUT2D eigenvalue weighted by atomic mass is 10.1. The van der Waals surface area contributed by atoms with Crippen LogP contribution in [0.3, 0.4) is 0 Å². The van der Waals surface area contributed by atoms with E-state index in [1.807, 2.05) is 43.3 Å². The molecule has 0 atom stereocenters. The molecule has 1 fully saturated rings. The lowest BCUT2D eigenvalue weighted by Crippen LogP contribution is -2.51. The number of rotatable bonds is 5. The van der Waals surface area contributed by atoms with Crippen LogP contribution in [-0.4, -0.2) is 68.5 Å². The molecule has 2 aromatic carbocycles. The highest BCUT2D eigenvalue weighted by molar-refractivity contribution is 6.35. The van der Waals surface area contributed by atoms with E-state index < -0.39 is 0 Å². The summed E-state index contributed by atoms with van der Waals surface area (Å²) in [5, 5.41) is 0.867. The number of hydrogen-bond acceptors (Lipinski definition) is 4. The Morgan fingerprint density at radius 3 is 2.17 bits per heavy atom. The highest BCUT2D eigenvalue weighted by Crippen LogP contribution is 2.27. The van der Waals surface area contributed by atoms with Crippen LogP contribution in [0.2, 0.25) is 10.0 Å².